The van der Waals surface area contributed by atoms with Crippen LogP contribution in [0.5, 0.6) is 0 Å². The number of rotatable bonds is 4. The Bertz CT molecular complexity index is 344. The molecule has 0 unspecified atom stereocenters. The summed E-state index contributed by atoms with van der Waals surface area (Å²) in [6, 6.07) is 7.18. The molecule has 1 aromatic rings. The van der Waals surface area contributed by atoms with E-state index in [9.17, 15) is 13.2 Å². The first-order valence-electron chi connectivity index (χ1n) is 5.43. The summed E-state index contributed by atoms with van der Waals surface area (Å²) in [5, 5.41) is 0. The molecule has 17 heavy (non-hydrogen) atoms. The molecule has 0 fully saturated rings. The van der Waals surface area contributed by atoms with Gasteiger partial charge in [-0.1, -0.05) is 12.1 Å². The molecule has 5 heteroatoms. The molecule has 0 amide bonds. The van der Waals surface area contributed by atoms with Crippen LogP contribution in [0.1, 0.15) is 24.9 Å². The second kappa shape index (κ2) is 5.40. The van der Waals surface area contributed by atoms with Gasteiger partial charge >= 0.3 is 6.18 Å². The molecule has 0 aliphatic rings. The third-order valence-electron chi connectivity index (χ3n) is 2.59. The minimum atomic E-state index is -4.11. The van der Waals surface area contributed by atoms with Crippen molar-refractivity contribution in [3.05, 3.63) is 29.8 Å². The molecule has 0 saturated heterocycles. The Kier molecular flexibility index (Phi) is 4.40. The summed E-state index contributed by atoms with van der Waals surface area (Å²) in [6.07, 6.45) is -4.92. The van der Waals surface area contributed by atoms with Crippen molar-refractivity contribution < 1.29 is 13.2 Å². The zero-order chi connectivity index (χ0) is 13.1. The van der Waals surface area contributed by atoms with Crippen LogP contribution in [-0.4, -0.2) is 19.8 Å². The van der Waals surface area contributed by atoms with Gasteiger partial charge < -0.3 is 10.6 Å². The molecule has 0 spiro atoms. The average Bonchev–Trinajstić information content (AvgIpc) is 2.25. The van der Waals surface area contributed by atoms with Crippen LogP contribution >= 0.6 is 0 Å². The number of nitrogens with two attached hydrogens (primary N) is 1. The first kappa shape index (κ1) is 13.8. The highest BCUT2D eigenvalue weighted by Crippen LogP contribution is 2.22. The Morgan fingerprint density at radius 2 is 1.76 bits per heavy atom. The van der Waals surface area contributed by atoms with E-state index in [1.165, 1.54) is 0 Å². The van der Waals surface area contributed by atoms with Gasteiger partial charge in [0.1, 0.15) is 0 Å². The van der Waals surface area contributed by atoms with Gasteiger partial charge in [-0.3, -0.25) is 0 Å². The maximum atomic E-state index is 12.1. The number of nitrogens with zero attached hydrogens (tertiary/aromatic N) is 1. The van der Waals surface area contributed by atoms with E-state index in [0.717, 1.165) is 11.3 Å². The number of alkyl halides is 3. The zero-order valence-electron chi connectivity index (χ0n) is 9.96. The number of anilines is 1. The summed E-state index contributed by atoms with van der Waals surface area (Å²) in [7, 11) is 1.65. The van der Waals surface area contributed by atoms with E-state index < -0.39 is 12.6 Å². The van der Waals surface area contributed by atoms with E-state index in [1.54, 1.807) is 24.1 Å². The van der Waals surface area contributed by atoms with Crippen LogP contribution in [0.4, 0.5) is 18.9 Å². The minimum Gasteiger partial charge on any atom is -0.374 e. The molecule has 0 heterocycles. The first-order chi connectivity index (χ1) is 7.79. The van der Waals surface area contributed by atoms with Crippen molar-refractivity contribution in [1.29, 1.82) is 0 Å². The molecule has 2 nitrogen and oxygen atoms in total. The van der Waals surface area contributed by atoms with Crippen LogP contribution in [-0.2, 0) is 0 Å². The molecule has 2 N–H and O–H groups in total. The van der Waals surface area contributed by atoms with Crippen LogP contribution < -0.4 is 10.6 Å². The lowest BCUT2D eigenvalue weighted by molar-refractivity contribution is -0.132. The number of halogens is 3. The maximum Gasteiger partial charge on any atom is 0.390 e. The van der Waals surface area contributed by atoms with Gasteiger partial charge in [0.15, 0.2) is 0 Å². The van der Waals surface area contributed by atoms with Crippen molar-refractivity contribution in [2.45, 2.75) is 25.6 Å². The summed E-state index contributed by atoms with van der Waals surface area (Å²) in [5.74, 6) is 0. The molecule has 0 aliphatic carbocycles. The van der Waals surface area contributed by atoms with Crippen LogP contribution in [0.2, 0.25) is 0 Å². The SMILES string of the molecule is C[C@H](N)c1ccc(N(C)CCC(F)(F)F)cc1. The molecule has 0 aliphatic heterocycles. The highest BCUT2D eigenvalue weighted by Gasteiger charge is 2.27. The van der Waals surface area contributed by atoms with Gasteiger partial charge in [-0.15, -0.1) is 0 Å². The summed E-state index contributed by atoms with van der Waals surface area (Å²) in [4.78, 5) is 1.58. The predicted molar refractivity (Wildman–Crippen MR) is 63.0 cm³/mol. The lowest BCUT2D eigenvalue weighted by atomic mass is 10.1. The molecule has 0 saturated carbocycles. The van der Waals surface area contributed by atoms with Crippen molar-refractivity contribution in [2.24, 2.45) is 5.73 Å². The maximum absolute atomic E-state index is 12.1. The van der Waals surface area contributed by atoms with E-state index in [2.05, 4.69) is 0 Å². The van der Waals surface area contributed by atoms with Gasteiger partial charge in [0.2, 0.25) is 0 Å². The second-order valence-corrected chi connectivity index (χ2v) is 4.17. The van der Waals surface area contributed by atoms with E-state index in [4.69, 9.17) is 5.73 Å². The quantitative estimate of drug-likeness (QED) is 0.884. The molecule has 0 radical (unpaired) electrons. The molecular weight excluding hydrogens is 229 g/mol. The first-order valence-corrected chi connectivity index (χ1v) is 5.43. The van der Waals surface area contributed by atoms with Gasteiger partial charge in [0.05, 0.1) is 6.42 Å². The Morgan fingerprint density at radius 3 is 2.18 bits per heavy atom. The Balaban J connectivity index is 2.60. The summed E-state index contributed by atoms with van der Waals surface area (Å²) < 4.78 is 36.2. The van der Waals surface area contributed by atoms with Crippen LogP contribution in [0, 0.1) is 0 Å². The average molecular weight is 246 g/mol. The summed E-state index contributed by atoms with van der Waals surface area (Å²) >= 11 is 0. The van der Waals surface area contributed by atoms with Gasteiger partial charge in [-0.25, -0.2) is 0 Å². The molecule has 1 rings (SSSR count). The Morgan fingerprint density at radius 1 is 1.24 bits per heavy atom. The van der Waals surface area contributed by atoms with Crippen LogP contribution in [0.3, 0.4) is 0 Å². The molecule has 1 atom stereocenters. The minimum absolute atomic E-state index is 0.0406. The van der Waals surface area contributed by atoms with E-state index in [-0.39, 0.29) is 12.6 Å². The molecular formula is C12H17F3N2. The monoisotopic (exact) mass is 246 g/mol. The third kappa shape index (κ3) is 4.65. The Hall–Kier alpha value is -1.23. The van der Waals surface area contributed by atoms with Gasteiger partial charge in [0, 0.05) is 25.3 Å². The van der Waals surface area contributed by atoms with E-state index in [1.807, 2.05) is 19.1 Å². The fourth-order valence-corrected chi connectivity index (χ4v) is 1.46. The van der Waals surface area contributed by atoms with Crippen LogP contribution in [0.25, 0.3) is 0 Å². The number of hydrogen-bond donors (Lipinski definition) is 1. The Labute approximate surface area is 99.2 Å². The largest absolute Gasteiger partial charge is 0.390 e. The normalized spacial score (nSPS) is 13.5. The number of hydrogen-bond acceptors (Lipinski definition) is 2. The van der Waals surface area contributed by atoms with Crippen molar-refractivity contribution in [3.63, 3.8) is 0 Å². The summed E-state index contributed by atoms with van der Waals surface area (Å²) in [5.41, 5.74) is 7.43. The molecule has 0 aromatic heterocycles. The smallest absolute Gasteiger partial charge is 0.374 e. The van der Waals surface area contributed by atoms with Crippen molar-refractivity contribution in [1.82, 2.24) is 0 Å². The fraction of sp³-hybridized carbons (Fsp3) is 0.500. The summed E-state index contributed by atoms with van der Waals surface area (Å²) in [6.45, 7) is 1.82. The van der Waals surface area contributed by atoms with E-state index in [0.29, 0.717) is 0 Å². The van der Waals surface area contributed by atoms with Crippen molar-refractivity contribution >= 4 is 5.69 Å². The highest BCUT2D eigenvalue weighted by molar-refractivity contribution is 5.47. The predicted octanol–water partition coefficient (Wildman–Crippen LogP) is 3.09. The number of benzene rings is 1. The standard InChI is InChI=1S/C12H17F3N2/c1-9(16)10-3-5-11(6-4-10)17(2)8-7-12(13,14)15/h3-6,9H,7-8,16H2,1-2H3/t9-/m0/s1. The van der Waals surface area contributed by atoms with E-state index >= 15 is 0 Å². The topological polar surface area (TPSA) is 29.3 Å². The molecule has 1 aromatic carbocycles. The second-order valence-electron chi connectivity index (χ2n) is 4.17. The van der Waals surface area contributed by atoms with Gasteiger partial charge in [-0.05, 0) is 24.6 Å². The lowest BCUT2D eigenvalue weighted by Gasteiger charge is -2.20. The zero-order valence-corrected chi connectivity index (χ0v) is 9.96. The van der Waals surface area contributed by atoms with Crippen molar-refractivity contribution in [2.75, 3.05) is 18.5 Å². The highest BCUT2D eigenvalue weighted by atomic mass is 19.4. The lowest BCUT2D eigenvalue weighted by Crippen LogP contribution is -2.24. The third-order valence-corrected chi connectivity index (χ3v) is 2.59. The van der Waals surface area contributed by atoms with Crippen LogP contribution in [0.15, 0.2) is 24.3 Å². The fourth-order valence-electron chi connectivity index (χ4n) is 1.46. The van der Waals surface area contributed by atoms with Gasteiger partial charge in [-0.2, -0.15) is 13.2 Å². The van der Waals surface area contributed by atoms with Gasteiger partial charge in [0.25, 0.3) is 0 Å². The molecule has 0 bridgehead atoms. The molecule has 96 valence electrons. The van der Waals surface area contributed by atoms with Crippen molar-refractivity contribution in [3.8, 4) is 0 Å².